The van der Waals surface area contributed by atoms with Gasteiger partial charge in [-0.15, -0.1) is 0 Å². The van der Waals surface area contributed by atoms with Gasteiger partial charge in [-0.3, -0.25) is 4.79 Å². The van der Waals surface area contributed by atoms with Gasteiger partial charge in [-0.1, -0.05) is 0 Å². The van der Waals surface area contributed by atoms with E-state index >= 15 is 0 Å². The van der Waals surface area contributed by atoms with Gasteiger partial charge in [0.1, 0.15) is 11.6 Å². The van der Waals surface area contributed by atoms with Crippen LogP contribution >= 0.6 is 0 Å². The molecule has 1 atom stereocenters. The Morgan fingerprint density at radius 3 is 3.00 bits per heavy atom. The first-order valence-corrected chi connectivity index (χ1v) is 7.60. The molecule has 0 radical (unpaired) electrons. The number of fused-ring (bicyclic) bond motifs is 1. The van der Waals surface area contributed by atoms with Crippen LogP contribution in [0.25, 0.3) is 0 Å². The Hall–Kier alpha value is -2.08. The van der Waals surface area contributed by atoms with E-state index in [2.05, 4.69) is 9.55 Å². The lowest BCUT2D eigenvalue weighted by Gasteiger charge is -2.34. The van der Waals surface area contributed by atoms with E-state index in [1.165, 1.54) is 0 Å². The Labute approximate surface area is 129 Å². The average molecular weight is 303 g/mol. The Balaban J connectivity index is 1.83. The summed E-state index contributed by atoms with van der Waals surface area (Å²) < 4.78 is 12.9. The van der Waals surface area contributed by atoms with Crippen LogP contribution in [-0.4, -0.2) is 33.5 Å². The van der Waals surface area contributed by atoms with Crippen LogP contribution < -0.4 is 0 Å². The summed E-state index contributed by atoms with van der Waals surface area (Å²) in [6, 6.07) is 1.66. The molecule has 1 aliphatic heterocycles. The van der Waals surface area contributed by atoms with Crippen molar-refractivity contribution in [3.63, 3.8) is 0 Å². The number of aromatic nitrogens is 2. The molecule has 0 bridgehead atoms. The van der Waals surface area contributed by atoms with E-state index in [0.717, 1.165) is 18.1 Å². The van der Waals surface area contributed by atoms with Crippen molar-refractivity contribution < 1.29 is 13.9 Å². The monoisotopic (exact) mass is 303 g/mol. The first-order chi connectivity index (χ1) is 10.6. The maximum Gasteiger partial charge on any atom is 0.258 e. The van der Waals surface area contributed by atoms with Crippen molar-refractivity contribution in [2.75, 3.05) is 13.2 Å². The van der Waals surface area contributed by atoms with Crippen LogP contribution in [0.2, 0.25) is 0 Å². The van der Waals surface area contributed by atoms with Gasteiger partial charge in [0.15, 0.2) is 0 Å². The first-order valence-electron chi connectivity index (χ1n) is 7.60. The highest BCUT2D eigenvalue weighted by atomic mass is 16.5. The summed E-state index contributed by atoms with van der Waals surface area (Å²) in [4.78, 5) is 19.0. The number of aryl methyl sites for hydroxylation is 1. The summed E-state index contributed by atoms with van der Waals surface area (Å²) >= 11 is 0. The van der Waals surface area contributed by atoms with Crippen LogP contribution in [0.4, 0.5) is 0 Å². The fourth-order valence-corrected chi connectivity index (χ4v) is 2.92. The molecule has 2 aromatic heterocycles. The molecule has 0 N–H and O–H groups in total. The zero-order chi connectivity index (χ0) is 15.7. The summed E-state index contributed by atoms with van der Waals surface area (Å²) in [6.45, 7) is 8.44. The number of furan rings is 1. The van der Waals surface area contributed by atoms with Crippen molar-refractivity contribution >= 4 is 5.91 Å². The van der Waals surface area contributed by atoms with E-state index in [4.69, 9.17) is 9.15 Å². The predicted molar refractivity (Wildman–Crippen MR) is 80.5 cm³/mol. The zero-order valence-corrected chi connectivity index (χ0v) is 13.2. The molecule has 2 aromatic rings. The molecule has 0 saturated heterocycles. The molecule has 0 saturated carbocycles. The number of hydrogen-bond acceptors (Lipinski definition) is 4. The van der Waals surface area contributed by atoms with Crippen molar-refractivity contribution in [3.05, 3.63) is 41.4 Å². The standard InChI is InChI=1S/C16H21N3O3/c1-4-21-10-13-9-17-15-11(2)18(6-7-19(13)15)16(20)14-5-8-22-12(14)3/h5,8-9,11H,4,6-7,10H2,1-3H3. The Kier molecular flexibility index (Phi) is 4.02. The van der Waals surface area contributed by atoms with Gasteiger partial charge in [-0.2, -0.15) is 0 Å². The summed E-state index contributed by atoms with van der Waals surface area (Å²) in [6.07, 6.45) is 3.40. The quantitative estimate of drug-likeness (QED) is 0.871. The predicted octanol–water partition coefficient (Wildman–Crippen LogP) is 2.54. The summed E-state index contributed by atoms with van der Waals surface area (Å²) in [5, 5.41) is 0. The molecule has 118 valence electrons. The number of carbonyl (C=O) groups excluding carboxylic acids is 1. The molecule has 22 heavy (non-hydrogen) atoms. The first kappa shape index (κ1) is 14.8. The summed E-state index contributed by atoms with van der Waals surface area (Å²) in [7, 11) is 0. The van der Waals surface area contributed by atoms with E-state index in [-0.39, 0.29) is 11.9 Å². The van der Waals surface area contributed by atoms with Crippen LogP contribution in [0.5, 0.6) is 0 Å². The van der Waals surface area contributed by atoms with E-state index in [1.807, 2.05) is 31.9 Å². The molecule has 0 spiro atoms. The van der Waals surface area contributed by atoms with E-state index in [0.29, 0.717) is 31.1 Å². The molecule has 0 aromatic carbocycles. The van der Waals surface area contributed by atoms with Gasteiger partial charge in [0.25, 0.3) is 5.91 Å². The zero-order valence-electron chi connectivity index (χ0n) is 13.2. The van der Waals surface area contributed by atoms with Crippen LogP contribution in [0.15, 0.2) is 22.9 Å². The average Bonchev–Trinajstić information content (AvgIpc) is 3.11. The number of ether oxygens (including phenoxy) is 1. The number of rotatable bonds is 4. The lowest BCUT2D eigenvalue weighted by molar-refractivity contribution is 0.0628. The number of nitrogens with zero attached hydrogens (tertiary/aromatic N) is 3. The molecule has 0 fully saturated rings. The molecule has 1 amide bonds. The largest absolute Gasteiger partial charge is 0.469 e. The number of hydrogen-bond donors (Lipinski definition) is 0. The van der Waals surface area contributed by atoms with Crippen molar-refractivity contribution in [3.8, 4) is 0 Å². The molecule has 3 rings (SSSR count). The SMILES string of the molecule is CCOCc1cnc2n1CCN(C(=O)c1ccoc1C)C2C. The molecular weight excluding hydrogens is 282 g/mol. The highest BCUT2D eigenvalue weighted by Crippen LogP contribution is 2.27. The smallest absolute Gasteiger partial charge is 0.258 e. The van der Waals surface area contributed by atoms with E-state index in [9.17, 15) is 4.79 Å². The van der Waals surface area contributed by atoms with Crippen molar-refractivity contribution in [1.82, 2.24) is 14.5 Å². The second-order valence-electron chi connectivity index (χ2n) is 5.46. The van der Waals surface area contributed by atoms with Gasteiger partial charge in [-0.05, 0) is 26.8 Å². The van der Waals surface area contributed by atoms with Gasteiger partial charge in [0.05, 0.1) is 36.4 Å². The topological polar surface area (TPSA) is 60.5 Å². The maximum absolute atomic E-state index is 12.7. The second kappa shape index (κ2) is 5.96. The van der Waals surface area contributed by atoms with Crippen LogP contribution in [0.1, 0.15) is 47.5 Å². The summed E-state index contributed by atoms with van der Waals surface area (Å²) in [5.74, 6) is 1.57. The molecule has 6 heteroatoms. The van der Waals surface area contributed by atoms with Crippen molar-refractivity contribution in [1.29, 1.82) is 0 Å². The normalized spacial score (nSPS) is 17.6. The fraction of sp³-hybridized carbons (Fsp3) is 0.500. The van der Waals surface area contributed by atoms with Gasteiger partial charge in [0, 0.05) is 19.7 Å². The molecule has 0 aliphatic carbocycles. The third kappa shape index (κ3) is 2.43. The summed E-state index contributed by atoms with van der Waals surface area (Å²) in [5.41, 5.74) is 1.69. The Bertz CT molecular complexity index is 674. The molecule has 3 heterocycles. The highest BCUT2D eigenvalue weighted by molar-refractivity contribution is 5.95. The fourth-order valence-electron chi connectivity index (χ4n) is 2.92. The van der Waals surface area contributed by atoms with E-state index in [1.54, 1.807) is 12.3 Å². The highest BCUT2D eigenvalue weighted by Gasteiger charge is 2.31. The lowest BCUT2D eigenvalue weighted by atomic mass is 10.1. The molecular formula is C16H21N3O3. The minimum atomic E-state index is -0.0640. The van der Waals surface area contributed by atoms with E-state index < -0.39 is 0 Å². The van der Waals surface area contributed by atoms with Crippen LogP contribution in [0.3, 0.4) is 0 Å². The third-order valence-corrected chi connectivity index (χ3v) is 4.18. The Morgan fingerprint density at radius 2 is 2.32 bits per heavy atom. The van der Waals surface area contributed by atoms with Crippen molar-refractivity contribution in [2.45, 2.75) is 40.0 Å². The third-order valence-electron chi connectivity index (χ3n) is 4.18. The molecule has 1 aliphatic rings. The van der Waals surface area contributed by atoms with Crippen molar-refractivity contribution in [2.24, 2.45) is 0 Å². The molecule has 1 unspecified atom stereocenters. The van der Waals surface area contributed by atoms with Crippen LogP contribution in [0, 0.1) is 6.92 Å². The van der Waals surface area contributed by atoms with Gasteiger partial charge in [0.2, 0.25) is 0 Å². The molecule has 6 nitrogen and oxygen atoms in total. The second-order valence-corrected chi connectivity index (χ2v) is 5.46. The minimum absolute atomic E-state index is 0.000594. The minimum Gasteiger partial charge on any atom is -0.469 e. The number of amides is 1. The van der Waals surface area contributed by atoms with Crippen LogP contribution in [-0.2, 0) is 17.9 Å². The lowest BCUT2D eigenvalue weighted by Crippen LogP contribution is -2.41. The number of carbonyl (C=O) groups is 1. The number of imidazole rings is 1. The maximum atomic E-state index is 12.7. The van der Waals surface area contributed by atoms with Gasteiger partial charge >= 0.3 is 0 Å². The Morgan fingerprint density at radius 1 is 1.50 bits per heavy atom. The van der Waals surface area contributed by atoms with Gasteiger partial charge < -0.3 is 18.6 Å². The van der Waals surface area contributed by atoms with Gasteiger partial charge in [-0.25, -0.2) is 4.98 Å².